The third-order valence-corrected chi connectivity index (χ3v) is 1.59. The van der Waals surface area contributed by atoms with E-state index in [4.69, 9.17) is 5.26 Å². The molecule has 0 atom stereocenters. The average molecular weight is 174 g/mol. The van der Waals surface area contributed by atoms with E-state index in [9.17, 15) is 9.70 Å². The van der Waals surface area contributed by atoms with Gasteiger partial charge in [0, 0.05) is 10.7 Å². The number of hydrogen-bond acceptors (Lipinski definition) is 3. The van der Waals surface area contributed by atoms with Gasteiger partial charge in [-0.1, -0.05) is 12.2 Å². The van der Waals surface area contributed by atoms with Crippen molar-refractivity contribution in [1.29, 1.82) is 5.26 Å². The maximum atomic E-state index is 10.8. The fourth-order valence-corrected chi connectivity index (χ4v) is 0.919. The topological polar surface area (TPSA) is 70.3 Å². The van der Waals surface area contributed by atoms with Crippen LogP contribution in [0.5, 0.6) is 0 Å². The Hall–Kier alpha value is -2.02. The van der Waals surface area contributed by atoms with E-state index in [1.54, 1.807) is 12.2 Å². The van der Waals surface area contributed by atoms with E-state index in [1.807, 2.05) is 6.07 Å². The molecule has 4 heteroatoms. The molecule has 0 aromatic heterocycles. The summed E-state index contributed by atoms with van der Waals surface area (Å²) >= 11 is 0. The second kappa shape index (κ2) is 4.12. The van der Waals surface area contributed by atoms with Crippen LogP contribution >= 0.6 is 0 Å². The van der Waals surface area contributed by atoms with Crippen LogP contribution in [0, 0.1) is 16.2 Å². The summed E-state index contributed by atoms with van der Waals surface area (Å²) in [5, 5.41) is 10.8. The molecule has 0 aliphatic heterocycles. The Morgan fingerprint density at radius 1 is 1.54 bits per heavy atom. The van der Waals surface area contributed by atoms with Crippen molar-refractivity contribution < 1.29 is 4.79 Å². The van der Waals surface area contributed by atoms with Gasteiger partial charge in [0.15, 0.2) is 0 Å². The van der Waals surface area contributed by atoms with Crippen LogP contribution in [-0.4, -0.2) is 5.91 Å². The molecule has 13 heavy (non-hydrogen) atoms. The maximum absolute atomic E-state index is 10.8. The summed E-state index contributed by atoms with van der Waals surface area (Å²) in [6.45, 7) is 0. The monoisotopic (exact) mass is 174 g/mol. The molecule has 64 valence electrons. The predicted octanol–water partition coefficient (Wildman–Crippen LogP) is 1.62. The zero-order valence-corrected chi connectivity index (χ0v) is 6.73. The average Bonchev–Trinajstić information content (AvgIpc) is 2.41. The summed E-state index contributed by atoms with van der Waals surface area (Å²) in [6.07, 6.45) is 6.52. The van der Waals surface area contributed by atoms with Crippen molar-refractivity contribution in [2.45, 2.75) is 6.42 Å². The third kappa shape index (κ3) is 2.20. The predicted molar refractivity (Wildman–Crippen MR) is 46.3 cm³/mol. The van der Waals surface area contributed by atoms with Crippen LogP contribution in [0.2, 0.25) is 0 Å². The second-order valence-corrected chi connectivity index (χ2v) is 2.43. The van der Waals surface area contributed by atoms with E-state index in [0.29, 0.717) is 17.6 Å². The highest BCUT2D eigenvalue weighted by Crippen LogP contribution is 2.11. The molecule has 0 bridgehead atoms. The molecule has 0 unspecified atom stereocenters. The molecule has 0 spiro atoms. The smallest absolute Gasteiger partial charge is 0.264 e. The maximum Gasteiger partial charge on any atom is 0.313 e. The lowest BCUT2D eigenvalue weighted by Crippen LogP contribution is -1.95. The third-order valence-electron chi connectivity index (χ3n) is 1.59. The molecule has 1 rings (SSSR count). The SMILES string of the molecule is N#CC1=CC=C(C(=O)N=O)CC=C1. The summed E-state index contributed by atoms with van der Waals surface area (Å²) in [5.74, 6) is -0.778. The van der Waals surface area contributed by atoms with Crippen molar-refractivity contribution in [3.05, 3.63) is 40.4 Å². The summed E-state index contributed by atoms with van der Waals surface area (Å²) < 4.78 is 0. The van der Waals surface area contributed by atoms with Gasteiger partial charge in [-0.3, -0.25) is 4.79 Å². The normalized spacial score (nSPS) is 15.0. The molecular formula is C9H6N2O2. The van der Waals surface area contributed by atoms with Gasteiger partial charge in [-0.25, -0.2) is 0 Å². The Balaban J connectivity index is 2.94. The number of amides is 1. The lowest BCUT2D eigenvalue weighted by atomic mass is 10.2. The first kappa shape index (κ1) is 9.07. The highest BCUT2D eigenvalue weighted by molar-refractivity contribution is 5.94. The number of carbonyl (C=O) groups is 1. The number of carbonyl (C=O) groups excluding carboxylic acids is 1. The lowest BCUT2D eigenvalue weighted by Gasteiger charge is -1.91. The minimum absolute atomic E-state index is 0.302. The summed E-state index contributed by atoms with van der Waals surface area (Å²) in [6, 6.07) is 1.93. The van der Waals surface area contributed by atoms with Crippen LogP contribution < -0.4 is 0 Å². The molecular weight excluding hydrogens is 168 g/mol. The van der Waals surface area contributed by atoms with Crippen LogP contribution in [0.25, 0.3) is 0 Å². The fraction of sp³-hybridized carbons (Fsp3) is 0.111. The molecule has 1 aliphatic carbocycles. The Bertz CT molecular complexity index is 370. The van der Waals surface area contributed by atoms with Crippen LogP contribution in [0.3, 0.4) is 0 Å². The number of nitrogens with zero attached hydrogens (tertiary/aromatic N) is 2. The quantitative estimate of drug-likeness (QED) is 0.567. The van der Waals surface area contributed by atoms with Crippen LogP contribution in [-0.2, 0) is 4.79 Å². The lowest BCUT2D eigenvalue weighted by molar-refractivity contribution is -0.114. The number of allylic oxidation sites excluding steroid dienone is 5. The number of nitriles is 1. The van der Waals surface area contributed by atoms with Gasteiger partial charge in [0.25, 0.3) is 0 Å². The van der Waals surface area contributed by atoms with Crippen molar-refractivity contribution in [2.24, 2.45) is 5.18 Å². The number of hydrogen-bond donors (Lipinski definition) is 0. The van der Waals surface area contributed by atoms with E-state index in [-0.39, 0.29) is 0 Å². The highest BCUT2D eigenvalue weighted by atomic mass is 16.3. The zero-order chi connectivity index (χ0) is 9.68. The molecule has 1 aliphatic rings. The van der Waals surface area contributed by atoms with Gasteiger partial charge in [0.2, 0.25) is 0 Å². The molecule has 0 heterocycles. The minimum Gasteiger partial charge on any atom is -0.264 e. The number of rotatable bonds is 1. The van der Waals surface area contributed by atoms with Crippen molar-refractivity contribution in [3.63, 3.8) is 0 Å². The van der Waals surface area contributed by atoms with Gasteiger partial charge in [-0.2, -0.15) is 5.26 Å². The zero-order valence-electron chi connectivity index (χ0n) is 6.73. The highest BCUT2D eigenvalue weighted by Gasteiger charge is 2.08. The molecule has 0 aromatic carbocycles. The molecule has 0 N–H and O–H groups in total. The molecule has 0 saturated heterocycles. The van der Waals surface area contributed by atoms with E-state index < -0.39 is 5.91 Å². The van der Waals surface area contributed by atoms with Crippen LogP contribution in [0.4, 0.5) is 0 Å². The molecule has 1 amide bonds. The molecule has 0 radical (unpaired) electrons. The molecule has 0 aromatic rings. The Kier molecular flexibility index (Phi) is 2.87. The van der Waals surface area contributed by atoms with Crippen molar-refractivity contribution in [2.75, 3.05) is 0 Å². The van der Waals surface area contributed by atoms with Crippen molar-refractivity contribution >= 4 is 5.91 Å². The number of nitroso groups, excluding NO2 is 1. The molecule has 0 fully saturated rings. The first-order valence-corrected chi connectivity index (χ1v) is 3.63. The van der Waals surface area contributed by atoms with E-state index in [0.717, 1.165) is 0 Å². The van der Waals surface area contributed by atoms with Crippen molar-refractivity contribution in [3.8, 4) is 6.07 Å². The summed E-state index contributed by atoms with van der Waals surface area (Å²) in [4.78, 5) is 20.7. The van der Waals surface area contributed by atoms with Gasteiger partial charge in [0.1, 0.15) is 0 Å². The first-order valence-electron chi connectivity index (χ1n) is 3.63. The molecule has 4 nitrogen and oxygen atoms in total. The van der Waals surface area contributed by atoms with Gasteiger partial charge in [-0.05, 0) is 18.6 Å². The van der Waals surface area contributed by atoms with Gasteiger partial charge in [-0.15, -0.1) is 4.91 Å². The summed E-state index contributed by atoms with van der Waals surface area (Å²) in [7, 11) is 0. The Morgan fingerprint density at radius 3 is 2.92 bits per heavy atom. The fourth-order valence-electron chi connectivity index (χ4n) is 0.919. The van der Waals surface area contributed by atoms with E-state index >= 15 is 0 Å². The summed E-state index contributed by atoms with van der Waals surface area (Å²) in [5.41, 5.74) is 0.755. The second-order valence-electron chi connectivity index (χ2n) is 2.43. The Morgan fingerprint density at radius 2 is 2.31 bits per heavy atom. The van der Waals surface area contributed by atoms with Gasteiger partial charge < -0.3 is 0 Å². The first-order chi connectivity index (χ1) is 6.27. The largest absolute Gasteiger partial charge is 0.313 e. The van der Waals surface area contributed by atoms with Crippen molar-refractivity contribution in [1.82, 2.24) is 0 Å². The minimum atomic E-state index is -0.778. The molecule has 0 saturated carbocycles. The van der Waals surface area contributed by atoms with E-state index in [2.05, 4.69) is 5.18 Å². The Labute approximate surface area is 74.8 Å². The van der Waals surface area contributed by atoms with Crippen LogP contribution in [0.1, 0.15) is 6.42 Å². The van der Waals surface area contributed by atoms with Gasteiger partial charge >= 0.3 is 5.91 Å². The standard InChI is InChI=1S/C9H6N2O2/c10-6-7-2-1-3-8(5-4-7)9(12)11-13/h1-2,4-5H,3H2. The van der Waals surface area contributed by atoms with Crippen LogP contribution in [0.15, 0.2) is 40.6 Å². The van der Waals surface area contributed by atoms with E-state index in [1.165, 1.54) is 12.2 Å². The van der Waals surface area contributed by atoms with Gasteiger partial charge in [0.05, 0.1) is 11.6 Å².